The lowest BCUT2D eigenvalue weighted by atomic mass is 10.1. The Bertz CT molecular complexity index is 267. The molecule has 0 amide bonds. The van der Waals surface area contributed by atoms with Crippen molar-refractivity contribution in [3.8, 4) is 0 Å². The van der Waals surface area contributed by atoms with Crippen LogP contribution in [0, 0.1) is 5.41 Å². The predicted molar refractivity (Wildman–Crippen MR) is 61.6 cm³/mol. The van der Waals surface area contributed by atoms with Gasteiger partial charge in [0, 0.05) is 0 Å². The van der Waals surface area contributed by atoms with Gasteiger partial charge in [0.1, 0.15) is 0 Å². The molecule has 16 heavy (non-hydrogen) atoms. The number of hydrogen-bond donors (Lipinski definition) is 1. The number of carbonyl (C=O) groups excluding carboxylic acids is 2. The van der Waals surface area contributed by atoms with E-state index in [0.717, 1.165) is 19.3 Å². The highest BCUT2D eigenvalue weighted by Crippen LogP contribution is 2.05. The standard InChI is InChI=1S/C12H19NO3/c1-2-3-4-5-6-7-8-16-12(15)11(9-13)10-14/h10,13H,2-8H2,1H3. The highest BCUT2D eigenvalue weighted by atomic mass is 16.5. The Hall–Kier alpha value is -1.41. The fourth-order valence-corrected chi connectivity index (χ4v) is 1.25. The SMILES string of the molecule is CCCCCCCCOC(=O)C(=C=N)C=O. The van der Waals surface area contributed by atoms with E-state index in [1.807, 2.05) is 0 Å². The van der Waals surface area contributed by atoms with Gasteiger partial charge in [-0.15, -0.1) is 0 Å². The third-order valence-corrected chi connectivity index (χ3v) is 2.20. The summed E-state index contributed by atoms with van der Waals surface area (Å²) in [6.45, 7) is 2.47. The summed E-state index contributed by atoms with van der Waals surface area (Å²) in [7, 11) is 0. The van der Waals surface area contributed by atoms with E-state index in [1.54, 1.807) is 5.87 Å². The van der Waals surface area contributed by atoms with Crippen molar-refractivity contribution < 1.29 is 14.3 Å². The fourth-order valence-electron chi connectivity index (χ4n) is 1.25. The molecule has 0 aromatic carbocycles. The number of aldehydes is 1. The highest BCUT2D eigenvalue weighted by molar-refractivity contribution is 6.14. The maximum atomic E-state index is 11.1. The van der Waals surface area contributed by atoms with Crippen LogP contribution in [0.3, 0.4) is 0 Å². The van der Waals surface area contributed by atoms with Gasteiger partial charge < -0.3 is 4.74 Å². The summed E-state index contributed by atoms with van der Waals surface area (Å²) in [6, 6.07) is 0. The minimum Gasteiger partial charge on any atom is -0.462 e. The topological polar surface area (TPSA) is 67.2 Å². The first-order valence-corrected chi connectivity index (χ1v) is 5.68. The first-order valence-electron chi connectivity index (χ1n) is 5.68. The Kier molecular flexibility index (Phi) is 9.23. The molecule has 0 aliphatic heterocycles. The second kappa shape index (κ2) is 10.1. The lowest BCUT2D eigenvalue weighted by molar-refractivity contribution is -0.139. The van der Waals surface area contributed by atoms with Gasteiger partial charge in [-0.25, -0.2) is 4.79 Å². The molecule has 0 aliphatic carbocycles. The van der Waals surface area contributed by atoms with E-state index < -0.39 is 5.97 Å². The van der Waals surface area contributed by atoms with Crippen LogP contribution in [0.2, 0.25) is 0 Å². The molecule has 0 bridgehead atoms. The summed E-state index contributed by atoms with van der Waals surface area (Å²) in [4.78, 5) is 21.3. The number of ether oxygens (including phenoxy) is 1. The molecule has 0 fully saturated rings. The van der Waals surface area contributed by atoms with Gasteiger partial charge in [-0.3, -0.25) is 10.2 Å². The van der Waals surface area contributed by atoms with E-state index in [9.17, 15) is 9.59 Å². The summed E-state index contributed by atoms with van der Waals surface area (Å²) in [6.07, 6.45) is 6.93. The number of hydrogen-bond acceptors (Lipinski definition) is 4. The van der Waals surface area contributed by atoms with E-state index in [1.165, 1.54) is 19.3 Å². The number of nitrogens with one attached hydrogen (secondary N) is 1. The zero-order valence-corrected chi connectivity index (χ0v) is 9.75. The van der Waals surface area contributed by atoms with Crippen molar-refractivity contribution in [1.29, 1.82) is 5.41 Å². The molecular formula is C12H19NO3. The van der Waals surface area contributed by atoms with Gasteiger partial charge >= 0.3 is 5.97 Å². The van der Waals surface area contributed by atoms with Gasteiger partial charge in [0.2, 0.25) is 0 Å². The number of unbranched alkanes of at least 4 members (excludes halogenated alkanes) is 5. The van der Waals surface area contributed by atoms with Gasteiger partial charge in [0.15, 0.2) is 11.9 Å². The van der Waals surface area contributed by atoms with E-state index in [4.69, 9.17) is 10.1 Å². The normalized spacial score (nSPS) is 9.31. The van der Waals surface area contributed by atoms with Crippen LogP contribution in [0.15, 0.2) is 5.57 Å². The van der Waals surface area contributed by atoms with E-state index in [0.29, 0.717) is 6.61 Å². The van der Waals surface area contributed by atoms with Crippen molar-refractivity contribution in [2.45, 2.75) is 45.4 Å². The molecule has 0 radical (unpaired) electrons. The largest absolute Gasteiger partial charge is 0.462 e. The molecule has 1 N–H and O–H groups in total. The molecule has 4 heteroatoms. The molecule has 0 aliphatic rings. The van der Waals surface area contributed by atoms with Crippen LogP contribution in [0.1, 0.15) is 45.4 Å². The van der Waals surface area contributed by atoms with Crippen LogP contribution in [0.5, 0.6) is 0 Å². The van der Waals surface area contributed by atoms with Crippen LogP contribution in [-0.4, -0.2) is 24.7 Å². The molecule has 90 valence electrons. The first-order chi connectivity index (χ1) is 7.76. The Morgan fingerprint density at radius 2 is 1.88 bits per heavy atom. The predicted octanol–water partition coefficient (Wildman–Crippen LogP) is 2.26. The Morgan fingerprint density at radius 1 is 1.25 bits per heavy atom. The maximum Gasteiger partial charge on any atom is 0.351 e. The van der Waals surface area contributed by atoms with Crippen molar-refractivity contribution in [3.63, 3.8) is 0 Å². The molecule has 0 heterocycles. The molecule has 0 unspecified atom stereocenters. The summed E-state index contributed by atoms with van der Waals surface area (Å²) in [5.74, 6) is 0.993. The van der Waals surface area contributed by atoms with Crippen molar-refractivity contribution >= 4 is 18.1 Å². The van der Waals surface area contributed by atoms with Crippen LogP contribution in [0.4, 0.5) is 0 Å². The highest BCUT2D eigenvalue weighted by Gasteiger charge is 2.08. The van der Waals surface area contributed by atoms with Gasteiger partial charge in [0.25, 0.3) is 0 Å². The quantitative estimate of drug-likeness (QED) is 0.124. The third-order valence-electron chi connectivity index (χ3n) is 2.20. The molecule has 0 saturated carbocycles. The molecule has 4 nitrogen and oxygen atoms in total. The van der Waals surface area contributed by atoms with Crippen LogP contribution in [-0.2, 0) is 14.3 Å². The molecule has 0 aromatic rings. The van der Waals surface area contributed by atoms with Crippen molar-refractivity contribution in [1.82, 2.24) is 0 Å². The lowest BCUT2D eigenvalue weighted by Gasteiger charge is -2.02. The average molecular weight is 225 g/mol. The first kappa shape index (κ1) is 14.6. The van der Waals surface area contributed by atoms with Crippen molar-refractivity contribution in [3.05, 3.63) is 5.57 Å². The molecular weight excluding hydrogens is 206 g/mol. The van der Waals surface area contributed by atoms with Gasteiger partial charge in [-0.2, -0.15) is 0 Å². The van der Waals surface area contributed by atoms with E-state index in [2.05, 4.69) is 6.92 Å². The second-order valence-corrected chi connectivity index (χ2v) is 3.56. The zero-order valence-electron chi connectivity index (χ0n) is 9.75. The number of carbonyl (C=O) groups is 2. The van der Waals surface area contributed by atoms with Crippen molar-refractivity contribution in [2.24, 2.45) is 0 Å². The summed E-state index contributed by atoms with van der Waals surface area (Å²) < 4.78 is 4.80. The lowest BCUT2D eigenvalue weighted by Crippen LogP contribution is -2.10. The molecule has 0 atom stereocenters. The minimum absolute atomic E-state index is 0.288. The number of esters is 1. The Balaban J connectivity index is 3.48. The van der Waals surface area contributed by atoms with Crippen molar-refractivity contribution in [2.75, 3.05) is 6.61 Å². The minimum atomic E-state index is -0.751. The average Bonchev–Trinajstić information content (AvgIpc) is 2.29. The zero-order chi connectivity index (χ0) is 12.2. The summed E-state index contributed by atoms with van der Waals surface area (Å²) >= 11 is 0. The van der Waals surface area contributed by atoms with E-state index >= 15 is 0 Å². The molecule has 0 saturated heterocycles. The fraction of sp³-hybridized carbons (Fsp3) is 0.667. The van der Waals surface area contributed by atoms with E-state index in [-0.39, 0.29) is 11.9 Å². The monoisotopic (exact) mass is 225 g/mol. The van der Waals surface area contributed by atoms with Gasteiger partial charge in [-0.1, -0.05) is 39.0 Å². The second-order valence-electron chi connectivity index (χ2n) is 3.56. The van der Waals surface area contributed by atoms with Crippen LogP contribution < -0.4 is 0 Å². The van der Waals surface area contributed by atoms with Gasteiger partial charge in [-0.05, 0) is 12.3 Å². The summed E-state index contributed by atoms with van der Waals surface area (Å²) in [5.41, 5.74) is -0.356. The number of rotatable bonds is 9. The molecule has 0 spiro atoms. The molecule has 0 rings (SSSR count). The summed E-state index contributed by atoms with van der Waals surface area (Å²) in [5, 5.41) is 6.66. The van der Waals surface area contributed by atoms with Crippen LogP contribution in [0.25, 0.3) is 0 Å². The Morgan fingerprint density at radius 3 is 2.44 bits per heavy atom. The Labute approximate surface area is 96.2 Å². The third kappa shape index (κ3) is 6.96. The smallest absolute Gasteiger partial charge is 0.351 e. The maximum absolute atomic E-state index is 11.1. The van der Waals surface area contributed by atoms with Gasteiger partial charge in [0.05, 0.1) is 6.61 Å². The van der Waals surface area contributed by atoms with Crippen LogP contribution >= 0.6 is 0 Å². The molecule has 0 aromatic heterocycles.